The van der Waals surface area contributed by atoms with Crippen LogP contribution >= 0.6 is 0 Å². The molecule has 3 atom stereocenters. The molecule has 1 aliphatic rings. The van der Waals surface area contributed by atoms with E-state index in [0.29, 0.717) is 17.8 Å². The molecule has 0 radical (unpaired) electrons. The maximum atomic E-state index is 10.5. The predicted octanol–water partition coefficient (Wildman–Crippen LogP) is 0.496. The van der Waals surface area contributed by atoms with E-state index in [1.54, 1.807) is 18.5 Å². The van der Waals surface area contributed by atoms with Crippen LogP contribution < -0.4 is 5.73 Å². The Labute approximate surface area is 110 Å². The molecule has 0 saturated carbocycles. The average Bonchev–Trinajstić information content (AvgIpc) is 2.90. The predicted molar refractivity (Wildman–Crippen MR) is 67.3 cm³/mol. The van der Waals surface area contributed by atoms with Crippen LogP contribution in [0.4, 0.5) is 5.82 Å². The molecule has 102 valence electrons. The lowest BCUT2D eigenvalue weighted by Gasteiger charge is -2.22. The molecule has 1 saturated heterocycles. The lowest BCUT2D eigenvalue weighted by atomic mass is 9.96. The number of nitrogens with zero attached hydrogens (tertiary/aromatic N) is 3. The summed E-state index contributed by atoms with van der Waals surface area (Å²) >= 11 is 0. The van der Waals surface area contributed by atoms with Gasteiger partial charge < -0.3 is 20.3 Å². The van der Waals surface area contributed by atoms with Crippen molar-refractivity contribution < 1.29 is 14.6 Å². The third-order valence-electron chi connectivity index (χ3n) is 3.48. The molecule has 0 amide bonds. The van der Waals surface area contributed by atoms with Crippen LogP contribution in [-0.2, 0) is 9.47 Å². The molecule has 7 heteroatoms. The highest BCUT2D eigenvalue weighted by Crippen LogP contribution is 2.41. The van der Waals surface area contributed by atoms with Crippen molar-refractivity contribution >= 4 is 11.3 Å². The minimum atomic E-state index is -1.02. The first-order chi connectivity index (χ1) is 9.03. The summed E-state index contributed by atoms with van der Waals surface area (Å²) in [5.41, 5.74) is 6.19. The zero-order valence-electron chi connectivity index (χ0n) is 10.8. The quantitative estimate of drug-likeness (QED) is 0.820. The molecule has 2 aromatic rings. The fraction of sp³-hybridized carbons (Fsp3) is 0.500. The standard InChI is InChI=1S/C12H16N4O3/c1-12(17)5-9(18-2)19-10(12)7-3-4-8-11(13)14-6-15-16(7)8/h3-4,6,9-10,17H,5H2,1-2H3,(H2,13,14,15)/t9-,10-,12+/m0/s1. The molecule has 0 spiro atoms. The number of aromatic nitrogens is 3. The molecular formula is C12H16N4O3. The lowest BCUT2D eigenvalue weighted by Crippen LogP contribution is -2.29. The number of ether oxygens (including phenoxy) is 2. The van der Waals surface area contributed by atoms with Gasteiger partial charge in [-0.2, -0.15) is 5.10 Å². The maximum Gasteiger partial charge on any atom is 0.161 e. The lowest BCUT2D eigenvalue weighted by molar-refractivity contribution is -0.125. The number of anilines is 1. The average molecular weight is 264 g/mol. The van der Waals surface area contributed by atoms with Gasteiger partial charge in [0.2, 0.25) is 0 Å². The van der Waals surface area contributed by atoms with E-state index in [4.69, 9.17) is 15.2 Å². The molecule has 0 aromatic carbocycles. The van der Waals surface area contributed by atoms with Gasteiger partial charge in [0.15, 0.2) is 12.1 Å². The topological polar surface area (TPSA) is 94.9 Å². The van der Waals surface area contributed by atoms with Crippen LogP contribution in [0.5, 0.6) is 0 Å². The second-order valence-corrected chi connectivity index (χ2v) is 4.94. The van der Waals surface area contributed by atoms with Gasteiger partial charge in [-0.1, -0.05) is 0 Å². The minimum Gasteiger partial charge on any atom is -0.387 e. The fourth-order valence-corrected chi connectivity index (χ4v) is 2.49. The number of hydrogen-bond donors (Lipinski definition) is 2. The zero-order valence-corrected chi connectivity index (χ0v) is 10.8. The van der Waals surface area contributed by atoms with Crippen LogP contribution in [0.15, 0.2) is 18.5 Å². The normalized spacial score (nSPS) is 31.1. The third-order valence-corrected chi connectivity index (χ3v) is 3.48. The summed E-state index contributed by atoms with van der Waals surface area (Å²) in [6.45, 7) is 1.72. The van der Waals surface area contributed by atoms with Crippen LogP contribution in [0.1, 0.15) is 25.1 Å². The summed E-state index contributed by atoms with van der Waals surface area (Å²) in [5, 5.41) is 14.6. The molecular weight excluding hydrogens is 248 g/mol. The van der Waals surface area contributed by atoms with Gasteiger partial charge in [0.05, 0.1) is 11.3 Å². The molecule has 3 N–H and O–H groups in total. The highest BCUT2D eigenvalue weighted by Gasteiger charge is 2.46. The van der Waals surface area contributed by atoms with Crippen molar-refractivity contribution in [2.75, 3.05) is 12.8 Å². The molecule has 3 rings (SSSR count). The molecule has 19 heavy (non-hydrogen) atoms. The number of aliphatic hydroxyl groups is 1. The smallest absolute Gasteiger partial charge is 0.161 e. The Morgan fingerprint density at radius 3 is 3.05 bits per heavy atom. The number of methoxy groups -OCH3 is 1. The first-order valence-corrected chi connectivity index (χ1v) is 6.01. The number of rotatable bonds is 2. The van der Waals surface area contributed by atoms with Gasteiger partial charge in [-0.3, -0.25) is 0 Å². The highest BCUT2D eigenvalue weighted by atomic mass is 16.7. The third kappa shape index (κ3) is 1.86. The molecule has 0 aliphatic carbocycles. The van der Waals surface area contributed by atoms with E-state index >= 15 is 0 Å². The number of hydrogen-bond acceptors (Lipinski definition) is 6. The Kier molecular flexibility index (Phi) is 2.70. The SMILES string of the molecule is CO[C@@H]1C[C@@](C)(O)[C@H](c2ccc3c(N)ncnn23)O1. The number of nitrogens with two attached hydrogens (primary N) is 1. The van der Waals surface area contributed by atoms with Crippen LogP contribution in [0, 0.1) is 0 Å². The van der Waals surface area contributed by atoms with Crippen molar-refractivity contribution in [3.05, 3.63) is 24.2 Å². The van der Waals surface area contributed by atoms with E-state index in [1.165, 1.54) is 6.33 Å². The molecule has 0 bridgehead atoms. The minimum absolute atomic E-state index is 0.391. The van der Waals surface area contributed by atoms with Gasteiger partial charge in [0.1, 0.15) is 17.9 Å². The summed E-state index contributed by atoms with van der Waals surface area (Å²) in [7, 11) is 1.56. The monoisotopic (exact) mass is 264 g/mol. The van der Waals surface area contributed by atoms with Crippen molar-refractivity contribution in [2.45, 2.75) is 31.3 Å². The zero-order chi connectivity index (χ0) is 13.6. The Morgan fingerprint density at radius 2 is 2.37 bits per heavy atom. The molecule has 3 heterocycles. The Balaban J connectivity index is 2.07. The van der Waals surface area contributed by atoms with E-state index in [2.05, 4.69) is 10.1 Å². The summed E-state index contributed by atoms with van der Waals surface area (Å²) in [5.74, 6) is 0.391. The maximum absolute atomic E-state index is 10.5. The Morgan fingerprint density at radius 1 is 1.58 bits per heavy atom. The highest BCUT2D eigenvalue weighted by molar-refractivity contribution is 5.65. The van der Waals surface area contributed by atoms with E-state index in [-0.39, 0.29) is 0 Å². The van der Waals surface area contributed by atoms with Crippen molar-refractivity contribution in [3.8, 4) is 0 Å². The summed E-state index contributed by atoms with van der Waals surface area (Å²) < 4.78 is 12.5. The van der Waals surface area contributed by atoms with Gasteiger partial charge in [-0.05, 0) is 19.1 Å². The Hall–Kier alpha value is -1.70. The molecule has 0 unspecified atom stereocenters. The van der Waals surface area contributed by atoms with Crippen LogP contribution in [0.25, 0.3) is 5.52 Å². The number of fused-ring (bicyclic) bond motifs is 1. The largest absolute Gasteiger partial charge is 0.387 e. The van der Waals surface area contributed by atoms with Crippen molar-refractivity contribution in [2.24, 2.45) is 0 Å². The van der Waals surface area contributed by atoms with Gasteiger partial charge in [0.25, 0.3) is 0 Å². The van der Waals surface area contributed by atoms with E-state index < -0.39 is 18.0 Å². The molecule has 2 aromatic heterocycles. The first kappa shape index (κ1) is 12.3. The molecule has 1 fully saturated rings. The number of nitrogen functional groups attached to an aromatic ring is 1. The second-order valence-electron chi connectivity index (χ2n) is 4.94. The van der Waals surface area contributed by atoms with Gasteiger partial charge >= 0.3 is 0 Å². The van der Waals surface area contributed by atoms with E-state index in [9.17, 15) is 5.11 Å². The van der Waals surface area contributed by atoms with Crippen molar-refractivity contribution in [3.63, 3.8) is 0 Å². The van der Waals surface area contributed by atoms with Crippen LogP contribution in [0.3, 0.4) is 0 Å². The Bertz CT molecular complexity index is 610. The van der Waals surface area contributed by atoms with Crippen molar-refractivity contribution in [1.29, 1.82) is 0 Å². The fourth-order valence-electron chi connectivity index (χ4n) is 2.49. The first-order valence-electron chi connectivity index (χ1n) is 6.01. The summed E-state index contributed by atoms with van der Waals surface area (Å²) in [4.78, 5) is 3.93. The van der Waals surface area contributed by atoms with E-state index in [0.717, 1.165) is 5.69 Å². The van der Waals surface area contributed by atoms with Crippen LogP contribution in [0.2, 0.25) is 0 Å². The van der Waals surface area contributed by atoms with E-state index in [1.807, 2.05) is 12.1 Å². The second kappa shape index (κ2) is 4.16. The van der Waals surface area contributed by atoms with Gasteiger partial charge in [0, 0.05) is 13.5 Å². The summed E-state index contributed by atoms with van der Waals surface area (Å²) in [6, 6.07) is 3.64. The van der Waals surface area contributed by atoms with Gasteiger partial charge in [-0.25, -0.2) is 9.50 Å². The summed E-state index contributed by atoms with van der Waals surface area (Å²) in [6.07, 6.45) is 0.838. The van der Waals surface area contributed by atoms with Crippen molar-refractivity contribution in [1.82, 2.24) is 14.6 Å². The van der Waals surface area contributed by atoms with Gasteiger partial charge in [-0.15, -0.1) is 0 Å². The molecule has 1 aliphatic heterocycles. The molecule has 7 nitrogen and oxygen atoms in total. The van der Waals surface area contributed by atoms with Crippen LogP contribution in [-0.4, -0.2) is 38.7 Å².